The molecule has 104 valence electrons. The van der Waals surface area contributed by atoms with Crippen molar-refractivity contribution in [2.75, 3.05) is 11.1 Å². The van der Waals surface area contributed by atoms with Crippen molar-refractivity contribution in [3.63, 3.8) is 0 Å². The van der Waals surface area contributed by atoms with Gasteiger partial charge in [-0.05, 0) is 35.7 Å². The van der Waals surface area contributed by atoms with Gasteiger partial charge >= 0.3 is 0 Å². The maximum Gasteiger partial charge on any atom is 0.257 e. The number of halogens is 1. The zero-order valence-corrected chi connectivity index (χ0v) is 12.2. The Labute approximate surface area is 123 Å². The highest BCUT2D eigenvalue weighted by atomic mass is 35.5. The smallest absolute Gasteiger partial charge is 0.257 e. The number of rotatable bonds is 3. The fraction of sp³-hybridized carbons (Fsp3) is 0.188. The summed E-state index contributed by atoms with van der Waals surface area (Å²) < 4.78 is 0. The number of nitrogens with one attached hydrogen (secondary N) is 1. The lowest BCUT2D eigenvalue weighted by atomic mass is 10.0. The van der Waals surface area contributed by atoms with Gasteiger partial charge in [0.25, 0.3) is 5.91 Å². The van der Waals surface area contributed by atoms with E-state index < -0.39 is 0 Å². The Bertz CT molecular complexity index is 638. The van der Waals surface area contributed by atoms with Crippen LogP contribution in [-0.2, 0) is 0 Å². The number of hydrogen-bond donors (Lipinski definition) is 2. The molecule has 0 aromatic heterocycles. The predicted octanol–water partition coefficient (Wildman–Crippen LogP) is 4.30. The summed E-state index contributed by atoms with van der Waals surface area (Å²) in [6.45, 7) is 4.17. The summed E-state index contributed by atoms with van der Waals surface area (Å²) >= 11 is 6.05. The highest BCUT2D eigenvalue weighted by Gasteiger charge is 2.13. The van der Waals surface area contributed by atoms with E-state index in [1.165, 1.54) is 0 Å². The van der Waals surface area contributed by atoms with Crippen LogP contribution in [-0.4, -0.2) is 5.91 Å². The van der Waals surface area contributed by atoms with Crippen molar-refractivity contribution in [2.45, 2.75) is 19.8 Å². The molecule has 0 aliphatic heterocycles. The van der Waals surface area contributed by atoms with Crippen LogP contribution in [0.5, 0.6) is 0 Å². The van der Waals surface area contributed by atoms with Crippen molar-refractivity contribution in [3.05, 3.63) is 58.6 Å². The number of carbonyl (C=O) groups excluding carboxylic acids is 1. The zero-order chi connectivity index (χ0) is 14.7. The summed E-state index contributed by atoms with van der Waals surface area (Å²) in [7, 11) is 0. The van der Waals surface area contributed by atoms with E-state index in [0.29, 0.717) is 22.2 Å². The first-order valence-corrected chi connectivity index (χ1v) is 6.82. The van der Waals surface area contributed by atoms with Gasteiger partial charge in [-0.25, -0.2) is 0 Å². The van der Waals surface area contributed by atoms with Crippen LogP contribution in [0.3, 0.4) is 0 Å². The molecule has 0 atom stereocenters. The maximum atomic E-state index is 12.3. The molecule has 0 spiro atoms. The van der Waals surface area contributed by atoms with Gasteiger partial charge in [-0.3, -0.25) is 4.79 Å². The third kappa shape index (κ3) is 3.11. The fourth-order valence-corrected chi connectivity index (χ4v) is 2.29. The number of amides is 1. The topological polar surface area (TPSA) is 55.1 Å². The molecule has 20 heavy (non-hydrogen) atoms. The van der Waals surface area contributed by atoms with Crippen LogP contribution in [0.4, 0.5) is 11.4 Å². The zero-order valence-electron chi connectivity index (χ0n) is 11.5. The summed E-state index contributed by atoms with van der Waals surface area (Å²) in [5, 5.41) is 3.26. The van der Waals surface area contributed by atoms with Gasteiger partial charge in [0.1, 0.15) is 0 Å². The summed E-state index contributed by atoms with van der Waals surface area (Å²) in [5.41, 5.74) is 8.48. The Kier molecular flexibility index (Phi) is 4.30. The van der Waals surface area contributed by atoms with Crippen molar-refractivity contribution >= 4 is 28.9 Å². The maximum absolute atomic E-state index is 12.3. The molecule has 3 N–H and O–H groups in total. The van der Waals surface area contributed by atoms with E-state index in [2.05, 4.69) is 19.2 Å². The molecule has 0 saturated heterocycles. The molecule has 0 radical (unpaired) electrons. The summed E-state index contributed by atoms with van der Waals surface area (Å²) in [6.07, 6.45) is 0. The Hall–Kier alpha value is -2.00. The van der Waals surface area contributed by atoms with E-state index in [1.807, 2.05) is 24.3 Å². The number of nitrogen functional groups attached to an aromatic ring is 1. The molecular formula is C16H17ClN2O. The van der Waals surface area contributed by atoms with Gasteiger partial charge in [0.15, 0.2) is 0 Å². The molecule has 4 heteroatoms. The molecule has 2 aromatic rings. The number of benzene rings is 2. The van der Waals surface area contributed by atoms with Crippen LogP contribution in [0.15, 0.2) is 42.5 Å². The van der Waals surface area contributed by atoms with E-state index >= 15 is 0 Å². The highest BCUT2D eigenvalue weighted by molar-refractivity contribution is 6.34. The lowest BCUT2D eigenvalue weighted by molar-refractivity contribution is 0.102. The number of carbonyl (C=O) groups is 1. The monoisotopic (exact) mass is 288 g/mol. The lowest BCUT2D eigenvalue weighted by Gasteiger charge is -2.14. The second kappa shape index (κ2) is 5.97. The highest BCUT2D eigenvalue weighted by Crippen LogP contribution is 2.25. The molecule has 2 aromatic carbocycles. The Morgan fingerprint density at radius 1 is 1.20 bits per heavy atom. The van der Waals surface area contributed by atoms with Crippen LogP contribution < -0.4 is 11.1 Å². The molecule has 2 rings (SSSR count). The first-order chi connectivity index (χ1) is 9.49. The van der Waals surface area contributed by atoms with Crippen LogP contribution in [0.2, 0.25) is 5.02 Å². The Morgan fingerprint density at radius 3 is 2.55 bits per heavy atom. The first-order valence-electron chi connectivity index (χ1n) is 6.44. The lowest BCUT2D eigenvalue weighted by Crippen LogP contribution is -2.14. The molecule has 0 saturated carbocycles. The van der Waals surface area contributed by atoms with E-state index in [-0.39, 0.29) is 5.91 Å². The molecule has 0 aliphatic rings. The number of para-hydroxylation sites is 1. The van der Waals surface area contributed by atoms with Gasteiger partial charge in [0.05, 0.1) is 10.6 Å². The SMILES string of the molecule is CC(C)c1ccccc1NC(=O)c1ccc(N)cc1Cl. The van der Waals surface area contributed by atoms with Crippen LogP contribution in [0, 0.1) is 0 Å². The Morgan fingerprint density at radius 2 is 1.90 bits per heavy atom. The van der Waals surface area contributed by atoms with E-state index in [9.17, 15) is 4.79 Å². The third-order valence-electron chi connectivity index (χ3n) is 3.07. The third-order valence-corrected chi connectivity index (χ3v) is 3.38. The van der Waals surface area contributed by atoms with Crippen LogP contribution in [0.1, 0.15) is 35.7 Å². The van der Waals surface area contributed by atoms with Gasteiger partial charge in [-0.15, -0.1) is 0 Å². The minimum atomic E-state index is -0.233. The minimum Gasteiger partial charge on any atom is -0.399 e. The molecule has 1 amide bonds. The van der Waals surface area contributed by atoms with E-state index in [1.54, 1.807) is 18.2 Å². The van der Waals surface area contributed by atoms with Crippen LogP contribution in [0.25, 0.3) is 0 Å². The fourth-order valence-electron chi connectivity index (χ4n) is 2.02. The predicted molar refractivity (Wildman–Crippen MR) is 84.3 cm³/mol. The van der Waals surface area contributed by atoms with Gasteiger partial charge in [0.2, 0.25) is 0 Å². The number of nitrogens with two attached hydrogens (primary N) is 1. The molecule has 0 fully saturated rings. The molecule has 0 unspecified atom stereocenters. The standard InChI is InChI=1S/C16H17ClN2O/c1-10(2)12-5-3-4-6-15(12)19-16(20)13-8-7-11(18)9-14(13)17/h3-10H,18H2,1-2H3,(H,19,20). The summed E-state index contributed by atoms with van der Waals surface area (Å²) in [5.74, 6) is 0.0940. The first kappa shape index (κ1) is 14.4. The largest absolute Gasteiger partial charge is 0.399 e. The van der Waals surface area contributed by atoms with Crippen molar-refractivity contribution in [2.24, 2.45) is 0 Å². The minimum absolute atomic E-state index is 0.233. The quantitative estimate of drug-likeness (QED) is 0.828. The second-order valence-electron chi connectivity index (χ2n) is 4.94. The van der Waals surface area contributed by atoms with Crippen LogP contribution >= 0.6 is 11.6 Å². The van der Waals surface area contributed by atoms with Crippen molar-refractivity contribution in [1.82, 2.24) is 0 Å². The normalized spacial score (nSPS) is 10.6. The van der Waals surface area contributed by atoms with Crippen molar-refractivity contribution < 1.29 is 4.79 Å². The Balaban J connectivity index is 2.28. The van der Waals surface area contributed by atoms with Gasteiger partial charge < -0.3 is 11.1 Å². The van der Waals surface area contributed by atoms with Crippen molar-refractivity contribution in [3.8, 4) is 0 Å². The van der Waals surface area contributed by atoms with Gasteiger partial charge in [-0.2, -0.15) is 0 Å². The summed E-state index contributed by atoms with van der Waals surface area (Å²) in [6, 6.07) is 12.6. The second-order valence-corrected chi connectivity index (χ2v) is 5.34. The van der Waals surface area contributed by atoms with Crippen molar-refractivity contribution in [1.29, 1.82) is 0 Å². The number of anilines is 2. The molecule has 3 nitrogen and oxygen atoms in total. The molecule has 0 heterocycles. The molecule has 0 aliphatic carbocycles. The average molecular weight is 289 g/mol. The van der Waals surface area contributed by atoms with E-state index in [0.717, 1.165) is 11.3 Å². The van der Waals surface area contributed by atoms with Gasteiger partial charge in [-0.1, -0.05) is 43.6 Å². The summed E-state index contributed by atoms with van der Waals surface area (Å²) in [4.78, 5) is 12.3. The average Bonchev–Trinajstić information content (AvgIpc) is 2.38. The molecular weight excluding hydrogens is 272 g/mol. The molecule has 0 bridgehead atoms. The van der Waals surface area contributed by atoms with Gasteiger partial charge in [0, 0.05) is 11.4 Å². The van der Waals surface area contributed by atoms with E-state index in [4.69, 9.17) is 17.3 Å². The number of hydrogen-bond acceptors (Lipinski definition) is 2.